The van der Waals surface area contributed by atoms with Crippen LogP contribution >= 0.6 is 0 Å². The molecular formula is C61H41N3. The Morgan fingerprint density at radius 3 is 1.48 bits per heavy atom. The van der Waals surface area contributed by atoms with Crippen LogP contribution in [-0.2, 0) is 5.41 Å². The monoisotopic (exact) mass is 820 g/mol. The lowest BCUT2D eigenvalue weighted by molar-refractivity contribution is 0.793. The molecule has 10 aromatic carbocycles. The lowest BCUT2D eigenvalue weighted by atomic mass is 9.70. The molecule has 0 aliphatic heterocycles. The molecule has 13 rings (SSSR count). The van der Waals surface area contributed by atoms with Gasteiger partial charge in [0.2, 0.25) is 0 Å². The first-order valence-corrected chi connectivity index (χ1v) is 21.7. The standard InChI is InChI=1S/C61H41N3/c1-5-20-42(21-6-1)62(43-22-7-2-8-23-43)46-36-38-50-48-28-13-16-32-54(48)61(56(50)40-46)55-33-17-14-29-49(55)51-39-37-47(41-57(51)61)63(44-24-9-3-10-25-44)59-35-19-31-53-52-30-15-18-34-58(52)64(60(53)59)45-26-11-4-12-27-45/h1-41H/i3D,9D,10D,24D,25D. The number of hydrogen-bond donors (Lipinski definition) is 0. The number of hydrogen-bond acceptors (Lipinski definition) is 2. The largest absolute Gasteiger partial charge is 0.310 e. The average molecular weight is 821 g/mol. The number of anilines is 6. The Hall–Kier alpha value is -8.40. The summed E-state index contributed by atoms with van der Waals surface area (Å²) in [7, 11) is 0. The summed E-state index contributed by atoms with van der Waals surface area (Å²) in [4.78, 5) is 4.21. The summed E-state index contributed by atoms with van der Waals surface area (Å²) < 4.78 is 48.1. The van der Waals surface area contributed by atoms with E-state index in [9.17, 15) is 2.74 Å². The minimum atomic E-state index is -0.792. The average Bonchev–Trinajstić information content (AvgIpc) is 4.01. The molecule has 3 nitrogen and oxygen atoms in total. The maximum atomic E-state index is 9.59. The lowest BCUT2D eigenvalue weighted by Crippen LogP contribution is -2.26. The van der Waals surface area contributed by atoms with Crippen molar-refractivity contribution in [3.8, 4) is 27.9 Å². The van der Waals surface area contributed by atoms with Crippen LogP contribution in [0.3, 0.4) is 0 Å². The third-order valence-corrected chi connectivity index (χ3v) is 13.2. The Balaban J connectivity index is 1.13. The van der Waals surface area contributed by atoms with Gasteiger partial charge < -0.3 is 14.4 Å². The van der Waals surface area contributed by atoms with Crippen molar-refractivity contribution in [2.45, 2.75) is 5.41 Å². The zero-order chi connectivity index (χ0) is 46.5. The third kappa shape index (κ3) is 5.22. The molecule has 0 saturated carbocycles. The second kappa shape index (κ2) is 14.3. The Labute approximate surface area is 380 Å². The van der Waals surface area contributed by atoms with Gasteiger partial charge in [0.15, 0.2) is 0 Å². The van der Waals surface area contributed by atoms with Crippen LogP contribution in [0.25, 0.3) is 49.7 Å². The summed E-state index contributed by atoms with van der Waals surface area (Å²) >= 11 is 0. The highest BCUT2D eigenvalue weighted by molar-refractivity contribution is 6.14. The minimum absolute atomic E-state index is 0.0683. The Bertz CT molecular complexity index is 3790. The van der Waals surface area contributed by atoms with Gasteiger partial charge in [0.05, 0.1) is 29.0 Å². The van der Waals surface area contributed by atoms with Crippen LogP contribution in [0.15, 0.2) is 249 Å². The predicted molar refractivity (Wildman–Crippen MR) is 266 cm³/mol. The predicted octanol–water partition coefficient (Wildman–Crippen LogP) is 16.1. The first-order valence-electron chi connectivity index (χ1n) is 24.2. The molecule has 0 N–H and O–H groups in total. The van der Waals surface area contributed by atoms with Crippen LogP contribution in [0.5, 0.6) is 0 Å². The molecule has 1 atom stereocenters. The van der Waals surface area contributed by atoms with E-state index in [0.29, 0.717) is 11.4 Å². The molecule has 1 aromatic heterocycles. The van der Waals surface area contributed by atoms with E-state index in [4.69, 9.17) is 4.11 Å². The summed E-state index contributed by atoms with van der Waals surface area (Å²) in [6.45, 7) is 0. The van der Waals surface area contributed by atoms with Gasteiger partial charge in [-0.15, -0.1) is 0 Å². The summed E-state index contributed by atoms with van der Waals surface area (Å²) in [6.07, 6.45) is 0. The number of nitrogens with zero attached hydrogens (tertiary/aromatic N) is 3. The molecule has 0 fully saturated rings. The van der Waals surface area contributed by atoms with Gasteiger partial charge in [-0.2, -0.15) is 0 Å². The van der Waals surface area contributed by atoms with Gasteiger partial charge in [-0.3, -0.25) is 0 Å². The van der Waals surface area contributed by atoms with Crippen molar-refractivity contribution < 1.29 is 6.85 Å². The summed E-state index contributed by atoms with van der Waals surface area (Å²) in [5.74, 6) is 0. The SMILES string of the molecule is [2H]c1c([2H])c([2H])c(N(c2ccc3c(c2)C2(c4ccccc4-c4ccc(N(c5ccccc5)c5ccccc5)cc42)c2ccccc2-3)c2cccc3c4ccccc4n(-c4ccccc4)c23)c([2H])c1[2H]. The van der Waals surface area contributed by atoms with E-state index in [1.54, 1.807) is 0 Å². The highest BCUT2D eigenvalue weighted by Gasteiger charge is 2.52. The highest BCUT2D eigenvalue weighted by Crippen LogP contribution is 2.64. The van der Waals surface area contributed by atoms with Gasteiger partial charge in [0.25, 0.3) is 0 Å². The molecule has 11 aromatic rings. The smallest absolute Gasteiger partial charge is 0.0782 e. The number of para-hydroxylation sites is 6. The summed E-state index contributed by atoms with van der Waals surface area (Å²) in [5.41, 5.74) is 15.5. The van der Waals surface area contributed by atoms with Gasteiger partial charge in [-0.05, 0) is 129 Å². The van der Waals surface area contributed by atoms with Crippen molar-refractivity contribution in [1.29, 1.82) is 0 Å². The van der Waals surface area contributed by atoms with E-state index in [1.165, 1.54) is 0 Å². The van der Waals surface area contributed by atoms with Crippen molar-refractivity contribution in [1.82, 2.24) is 4.57 Å². The van der Waals surface area contributed by atoms with Crippen molar-refractivity contribution in [2.24, 2.45) is 0 Å². The Morgan fingerprint density at radius 1 is 0.359 bits per heavy atom. The normalized spacial score (nSPS) is 15.4. The molecule has 0 saturated heterocycles. The van der Waals surface area contributed by atoms with Crippen LogP contribution in [0, 0.1) is 0 Å². The van der Waals surface area contributed by atoms with Crippen LogP contribution < -0.4 is 9.80 Å². The maximum Gasteiger partial charge on any atom is 0.0782 e. The molecule has 2 aliphatic carbocycles. The minimum Gasteiger partial charge on any atom is -0.310 e. The van der Waals surface area contributed by atoms with Crippen molar-refractivity contribution in [2.75, 3.05) is 9.80 Å². The zero-order valence-corrected chi connectivity index (χ0v) is 34.6. The molecule has 64 heavy (non-hydrogen) atoms. The van der Waals surface area contributed by atoms with E-state index in [1.807, 2.05) is 59.5 Å². The van der Waals surface area contributed by atoms with Crippen molar-refractivity contribution >= 4 is 55.9 Å². The van der Waals surface area contributed by atoms with Crippen LogP contribution in [0.4, 0.5) is 34.1 Å². The van der Waals surface area contributed by atoms with Crippen LogP contribution in [0.1, 0.15) is 29.1 Å². The Kier molecular flexibility index (Phi) is 7.04. The molecule has 0 bridgehead atoms. The van der Waals surface area contributed by atoms with E-state index in [0.717, 1.165) is 89.1 Å². The molecule has 3 heteroatoms. The fraction of sp³-hybridized carbons (Fsp3) is 0.0164. The molecule has 1 heterocycles. The van der Waals surface area contributed by atoms with Gasteiger partial charge in [0, 0.05) is 44.9 Å². The topological polar surface area (TPSA) is 11.4 Å². The van der Waals surface area contributed by atoms with E-state index in [-0.39, 0.29) is 17.8 Å². The summed E-state index contributed by atoms with van der Waals surface area (Å²) in [5, 5.41) is 2.01. The van der Waals surface area contributed by atoms with Gasteiger partial charge in [-0.25, -0.2) is 0 Å². The molecule has 0 radical (unpaired) electrons. The third-order valence-electron chi connectivity index (χ3n) is 13.2. The number of rotatable bonds is 7. The number of fused-ring (bicyclic) bond motifs is 13. The molecule has 1 unspecified atom stereocenters. The zero-order valence-electron chi connectivity index (χ0n) is 39.6. The fourth-order valence-electron chi connectivity index (χ4n) is 10.8. The summed E-state index contributed by atoms with van der Waals surface area (Å²) in [6, 6.07) is 74.4. The molecule has 300 valence electrons. The second-order valence-electron chi connectivity index (χ2n) is 16.5. The van der Waals surface area contributed by atoms with Gasteiger partial charge >= 0.3 is 0 Å². The van der Waals surface area contributed by atoms with Crippen molar-refractivity contribution in [3.05, 3.63) is 271 Å². The van der Waals surface area contributed by atoms with Crippen LogP contribution in [0.2, 0.25) is 0 Å². The fourth-order valence-corrected chi connectivity index (χ4v) is 10.8. The first kappa shape index (κ1) is 31.4. The van der Waals surface area contributed by atoms with Gasteiger partial charge in [0.1, 0.15) is 0 Å². The first-order chi connectivity index (χ1) is 33.9. The Morgan fingerprint density at radius 2 is 0.859 bits per heavy atom. The van der Waals surface area contributed by atoms with Gasteiger partial charge in [-0.1, -0.05) is 164 Å². The van der Waals surface area contributed by atoms with Crippen LogP contribution in [-0.4, -0.2) is 4.57 Å². The lowest BCUT2D eigenvalue weighted by Gasteiger charge is -2.33. The van der Waals surface area contributed by atoms with E-state index >= 15 is 0 Å². The number of benzene rings is 10. The van der Waals surface area contributed by atoms with Crippen molar-refractivity contribution in [3.63, 3.8) is 0 Å². The molecule has 0 amide bonds. The molecule has 2 aliphatic rings. The van der Waals surface area contributed by atoms with E-state index < -0.39 is 23.5 Å². The molecular weight excluding hydrogens is 775 g/mol. The highest BCUT2D eigenvalue weighted by atomic mass is 15.2. The maximum absolute atomic E-state index is 9.59. The quantitative estimate of drug-likeness (QED) is 0.159. The molecule has 1 spiro atoms. The number of aromatic nitrogens is 1. The second-order valence-corrected chi connectivity index (χ2v) is 16.5. The van der Waals surface area contributed by atoms with E-state index in [2.05, 4.69) is 173 Å².